The third-order valence-electron chi connectivity index (χ3n) is 5.38. The molecule has 146 valence electrons. The van der Waals surface area contributed by atoms with E-state index in [1.807, 2.05) is 12.1 Å². The van der Waals surface area contributed by atoms with E-state index in [1.54, 1.807) is 35.1 Å². The summed E-state index contributed by atoms with van der Waals surface area (Å²) in [6.45, 7) is 0.432. The Kier molecular flexibility index (Phi) is 4.24. The molecule has 2 aromatic carbocycles. The number of fused-ring (bicyclic) bond motifs is 4. The van der Waals surface area contributed by atoms with Crippen LogP contribution in [-0.4, -0.2) is 21.6 Å². The number of hydrogen-bond donors (Lipinski definition) is 2. The molecule has 0 saturated heterocycles. The van der Waals surface area contributed by atoms with Crippen LogP contribution in [0.3, 0.4) is 0 Å². The summed E-state index contributed by atoms with van der Waals surface area (Å²) in [7, 11) is 0. The summed E-state index contributed by atoms with van der Waals surface area (Å²) < 4.78 is 2.35. The van der Waals surface area contributed by atoms with Gasteiger partial charge in [0.15, 0.2) is 0 Å². The summed E-state index contributed by atoms with van der Waals surface area (Å²) in [5.41, 5.74) is 1.81. The highest BCUT2D eigenvalue weighted by atomic mass is 79.9. The van der Waals surface area contributed by atoms with Crippen molar-refractivity contribution in [2.45, 2.75) is 18.4 Å². The summed E-state index contributed by atoms with van der Waals surface area (Å²) in [5, 5.41) is 11.4. The monoisotopic (exact) mass is 490 g/mol. The number of nitrogens with zero attached hydrogens (tertiary/aromatic N) is 2. The molecule has 1 atom stereocenters. The molecule has 0 fully saturated rings. The van der Waals surface area contributed by atoms with Crippen molar-refractivity contribution < 1.29 is 9.59 Å². The van der Waals surface area contributed by atoms with Crippen LogP contribution in [0.2, 0.25) is 10.0 Å². The molecule has 5 rings (SSSR count). The number of carbonyl (C=O) groups excluding carboxylic acids is 2. The molecule has 0 aliphatic carbocycles. The van der Waals surface area contributed by atoms with Gasteiger partial charge in [-0.3, -0.25) is 9.59 Å². The predicted octanol–water partition coefficient (Wildman–Crippen LogP) is 4.58. The van der Waals surface area contributed by atoms with Gasteiger partial charge in [0.25, 0.3) is 0 Å². The average Bonchev–Trinajstić information content (AvgIpc) is 3.18. The van der Waals surface area contributed by atoms with Gasteiger partial charge in [-0.15, -0.1) is 0 Å². The normalized spacial score (nSPS) is 19.7. The molecule has 3 aromatic rings. The maximum absolute atomic E-state index is 13.1. The van der Waals surface area contributed by atoms with Gasteiger partial charge in [-0.25, -0.2) is 4.68 Å². The number of hydrogen-bond acceptors (Lipinski definition) is 3. The Morgan fingerprint density at radius 3 is 2.62 bits per heavy atom. The number of anilines is 2. The lowest BCUT2D eigenvalue weighted by Gasteiger charge is -2.31. The highest BCUT2D eigenvalue weighted by Crippen LogP contribution is 2.51. The van der Waals surface area contributed by atoms with Crippen LogP contribution in [0, 0.1) is 0 Å². The number of nitrogens with one attached hydrogen (secondary N) is 2. The van der Waals surface area contributed by atoms with E-state index >= 15 is 0 Å². The molecular formula is C20H13BrCl2N4O2. The summed E-state index contributed by atoms with van der Waals surface area (Å²) in [6, 6.07) is 10.9. The fourth-order valence-corrected chi connectivity index (χ4v) is 4.66. The van der Waals surface area contributed by atoms with Gasteiger partial charge >= 0.3 is 0 Å². The topological polar surface area (TPSA) is 76.0 Å². The first-order valence-corrected chi connectivity index (χ1v) is 10.3. The zero-order valence-corrected chi connectivity index (χ0v) is 17.9. The summed E-state index contributed by atoms with van der Waals surface area (Å²) >= 11 is 15.6. The van der Waals surface area contributed by atoms with E-state index in [-0.39, 0.29) is 18.2 Å². The number of aromatic nitrogens is 2. The minimum Gasteiger partial charge on any atom is -0.325 e. The summed E-state index contributed by atoms with van der Waals surface area (Å²) in [5.74, 6) is 0.0125. The van der Waals surface area contributed by atoms with Gasteiger partial charge in [0.2, 0.25) is 11.8 Å². The van der Waals surface area contributed by atoms with E-state index in [0.29, 0.717) is 43.7 Å². The lowest BCUT2D eigenvalue weighted by Crippen LogP contribution is -2.43. The smallest absolute Gasteiger partial charge is 0.240 e. The Labute approximate surface area is 184 Å². The molecule has 1 unspecified atom stereocenters. The van der Waals surface area contributed by atoms with Gasteiger partial charge in [0.1, 0.15) is 11.2 Å². The summed E-state index contributed by atoms with van der Waals surface area (Å²) in [6.07, 6.45) is 1.65. The van der Waals surface area contributed by atoms with Gasteiger partial charge in [-0.1, -0.05) is 35.3 Å². The van der Waals surface area contributed by atoms with Crippen molar-refractivity contribution in [2.24, 2.45) is 0 Å². The Balaban J connectivity index is 1.65. The molecular weight excluding hydrogens is 479 g/mol. The largest absolute Gasteiger partial charge is 0.325 e. The van der Waals surface area contributed by atoms with E-state index in [0.717, 1.165) is 5.56 Å². The number of rotatable bonds is 2. The first-order chi connectivity index (χ1) is 13.9. The average molecular weight is 492 g/mol. The third-order valence-corrected chi connectivity index (χ3v) is 6.83. The van der Waals surface area contributed by atoms with Crippen molar-refractivity contribution in [3.8, 4) is 0 Å². The fraction of sp³-hybridized carbons (Fsp3) is 0.150. The maximum Gasteiger partial charge on any atom is 0.240 e. The van der Waals surface area contributed by atoms with Gasteiger partial charge in [0, 0.05) is 27.2 Å². The molecule has 9 heteroatoms. The second-order valence-corrected chi connectivity index (χ2v) is 8.79. The van der Waals surface area contributed by atoms with Crippen LogP contribution in [0.25, 0.3) is 0 Å². The highest BCUT2D eigenvalue weighted by Gasteiger charge is 2.54. The van der Waals surface area contributed by atoms with E-state index in [2.05, 4.69) is 31.7 Å². The lowest BCUT2D eigenvalue weighted by molar-refractivity contribution is -0.125. The van der Waals surface area contributed by atoms with Crippen LogP contribution in [0.1, 0.15) is 23.1 Å². The molecule has 1 aromatic heterocycles. The van der Waals surface area contributed by atoms with Crippen LogP contribution >= 0.6 is 39.1 Å². The molecule has 2 N–H and O–H groups in total. The molecule has 2 amide bonds. The van der Waals surface area contributed by atoms with E-state index in [4.69, 9.17) is 23.2 Å². The SMILES string of the molecule is O=C1CC2(C(=O)Nc3cc(Cl)c(Br)cc32)c2cnn(Cc3ccc(Cl)cc3)c2N1. The zero-order chi connectivity index (χ0) is 20.3. The molecule has 0 saturated carbocycles. The lowest BCUT2D eigenvalue weighted by atomic mass is 9.72. The Morgan fingerprint density at radius 1 is 1.10 bits per heavy atom. The van der Waals surface area contributed by atoms with Crippen LogP contribution < -0.4 is 10.6 Å². The molecule has 29 heavy (non-hydrogen) atoms. The Bertz CT molecular complexity index is 1190. The van der Waals surface area contributed by atoms with Crippen molar-refractivity contribution in [1.29, 1.82) is 0 Å². The van der Waals surface area contributed by atoms with Crippen molar-refractivity contribution >= 4 is 62.5 Å². The van der Waals surface area contributed by atoms with Crippen molar-refractivity contribution in [3.63, 3.8) is 0 Å². The Hall–Kier alpha value is -2.35. The third kappa shape index (κ3) is 2.79. The van der Waals surface area contributed by atoms with Crippen molar-refractivity contribution in [1.82, 2.24) is 9.78 Å². The molecule has 2 aliphatic heterocycles. The molecule has 6 nitrogen and oxygen atoms in total. The molecule has 1 spiro atoms. The van der Waals surface area contributed by atoms with Gasteiger partial charge in [-0.2, -0.15) is 5.10 Å². The maximum atomic E-state index is 13.1. The predicted molar refractivity (Wildman–Crippen MR) is 115 cm³/mol. The van der Waals surface area contributed by atoms with Crippen LogP contribution in [0.5, 0.6) is 0 Å². The van der Waals surface area contributed by atoms with Crippen LogP contribution in [-0.2, 0) is 21.5 Å². The number of carbonyl (C=O) groups is 2. The van der Waals surface area contributed by atoms with Crippen LogP contribution in [0.4, 0.5) is 11.5 Å². The number of amides is 2. The molecule has 2 aliphatic rings. The van der Waals surface area contributed by atoms with Gasteiger partial charge < -0.3 is 10.6 Å². The minimum absolute atomic E-state index is 0.000452. The second-order valence-electron chi connectivity index (χ2n) is 7.09. The van der Waals surface area contributed by atoms with E-state index in [9.17, 15) is 9.59 Å². The van der Waals surface area contributed by atoms with E-state index < -0.39 is 5.41 Å². The zero-order valence-electron chi connectivity index (χ0n) is 14.8. The molecule has 0 radical (unpaired) electrons. The van der Waals surface area contributed by atoms with Gasteiger partial charge in [0.05, 0.1) is 17.8 Å². The number of halogens is 3. The standard InChI is InChI=1S/C20H13BrCl2N4O2/c21-14-5-12-16(6-15(14)23)25-19(29)20(12)7-17(28)26-18-13(20)8-24-27(18)9-10-1-3-11(22)4-2-10/h1-6,8H,7,9H2,(H,25,29)(H,26,28). The van der Waals surface area contributed by atoms with Crippen molar-refractivity contribution in [2.75, 3.05) is 10.6 Å². The molecule has 3 heterocycles. The molecule has 0 bridgehead atoms. The highest BCUT2D eigenvalue weighted by molar-refractivity contribution is 9.10. The Morgan fingerprint density at radius 2 is 1.86 bits per heavy atom. The first-order valence-electron chi connectivity index (χ1n) is 8.80. The second kappa shape index (κ2) is 6.58. The minimum atomic E-state index is -1.14. The van der Waals surface area contributed by atoms with Gasteiger partial charge in [-0.05, 0) is 51.3 Å². The van der Waals surface area contributed by atoms with Crippen molar-refractivity contribution in [3.05, 3.63) is 73.8 Å². The first kappa shape index (κ1) is 18.7. The summed E-state index contributed by atoms with van der Waals surface area (Å²) in [4.78, 5) is 25.8. The van der Waals surface area contributed by atoms with Crippen LogP contribution in [0.15, 0.2) is 47.1 Å². The number of benzene rings is 2. The fourth-order valence-electron chi connectivity index (χ4n) is 4.02. The quantitative estimate of drug-likeness (QED) is 0.550. The van der Waals surface area contributed by atoms with E-state index in [1.165, 1.54) is 0 Å².